The molecule has 0 unspecified atom stereocenters. The van der Waals surface area contributed by atoms with Crippen LogP contribution in [0.15, 0.2) is 40.6 Å². The molecule has 2 aromatic rings. The van der Waals surface area contributed by atoms with Gasteiger partial charge in [-0.05, 0) is 36.0 Å². The number of alkyl halides is 3. The molecule has 0 saturated heterocycles. The van der Waals surface area contributed by atoms with Crippen LogP contribution < -0.4 is 51.4 Å². The first-order chi connectivity index (χ1) is 14.8. The Morgan fingerprint density at radius 3 is 2.53 bits per heavy atom. The van der Waals surface area contributed by atoms with Gasteiger partial charge in [-0.2, -0.15) is 18.4 Å². The van der Waals surface area contributed by atoms with Gasteiger partial charge in [0.05, 0.1) is 24.6 Å². The third-order valence-electron chi connectivity index (χ3n) is 3.80. The number of nitrogens with zero attached hydrogens (tertiary/aromatic N) is 5. The van der Waals surface area contributed by atoms with Gasteiger partial charge in [-0.3, -0.25) is 5.16 Å². The van der Waals surface area contributed by atoms with E-state index >= 15 is 0 Å². The van der Waals surface area contributed by atoms with E-state index in [4.69, 9.17) is 14.9 Å². The predicted molar refractivity (Wildman–Crippen MR) is 112 cm³/mol. The van der Waals surface area contributed by atoms with E-state index in [0.29, 0.717) is 17.5 Å². The summed E-state index contributed by atoms with van der Waals surface area (Å²) < 4.78 is 38.7. The van der Waals surface area contributed by atoms with Crippen molar-refractivity contribution in [3.8, 4) is 6.07 Å². The third-order valence-corrected chi connectivity index (χ3v) is 3.80. The normalized spacial score (nSPS) is 11.0. The van der Waals surface area contributed by atoms with Crippen molar-refractivity contribution >= 4 is 12.1 Å². The topological polar surface area (TPSA) is 94.0 Å². The Balaban J connectivity index is 0.00000311. The molecule has 0 saturated carbocycles. The van der Waals surface area contributed by atoms with Crippen LogP contribution in [0.5, 0.6) is 0 Å². The maximum Gasteiger partial charge on any atom is 1.00 e. The minimum Gasteiger partial charge on any atom is -0.497 e. The summed E-state index contributed by atoms with van der Waals surface area (Å²) in [6, 6.07) is 8.52. The van der Waals surface area contributed by atoms with E-state index in [1.807, 2.05) is 32.9 Å². The molecule has 7 nitrogen and oxygen atoms in total. The Bertz CT molecular complexity index is 973. The second-order valence-electron chi connectivity index (χ2n) is 5.71. The molecule has 1 heterocycles. The minimum atomic E-state index is -4.60. The Hall–Kier alpha value is -1.97. The van der Waals surface area contributed by atoms with Crippen LogP contribution in [-0.4, -0.2) is 31.2 Å². The number of benzene rings is 1. The Morgan fingerprint density at radius 1 is 1.28 bits per heavy atom. The van der Waals surface area contributed by atoms with Gasteiger partial charge < -0.3 is 15.0 Å². The monoisotopic (exact) mass is 473 g/mol. The van der Waals surface area contributed by atoms with Gasteiger partial charge in [0.25, 0.3) is 0 Å². The van der Waals surface area contributed by atoms with Crippen molar-refractivity contribution in [3.63, 3.8) is 0 Å². The van der Waals surface area contributed by atoms with Crippen LogP contribution in [0.4, 0.5) is 13.2 Å². The molecule has 0 aliphatic rings. The average molecular weight is 474 g/mol. The summed E-state index contributed by atoms with van der Waals surface area (Å²) in [6.45, 7) is 5.88. The number of oxime groups is 2. The van der Waals surface area contributed by atoms with E-state index in [1.165, 1.54) is 7.11 Å². The molecule has 0 N–H and O–H groups in total. The summed E-state index contributed by atoms with van der Waals surface area (Å²) in [5.74, 6) is 0.358. The Kier molecular flexibility index (Phi) is 14.0. The molecule has 0 atom stereocenters. The van der Waals surface area contributed by atoms with Crippen LogP contribution in [0.25, 0.3) is 5.32 Å². The molecule has 0 spiro atoms. The van der Waals surface area contributed by atoms with Crippen LogP contribution in [0.2, 0.25) is 0 Å². The van der Waals surface area contributed by atoms with Crippen molar-refractivity contribution in [1.82, 2.24) is 4.98 Å². The van der Waals surface area contributed by atoms with Gasteiger partial charge in [-0.1, -0.05) is 44.2 Å². The molecule has 0 fully saturated rings. The number of halogens is 3. The van der Waals surface area contributed by atoms with E-state index in [1.54, 1.807) is 19.2 Å². The summed E-state index contributed by atoms with van der Waals surface area (Å²) in [4.78, 5) is 13.8. The second-order valence-corrected chi connectivity index (χ2v) is 5.71. The molecule has 1 aromatic carbocycles. The van der Waals surface area contributed by atoms with Crippen molar-refractivity contribution in [1.29, 1.82) is 5.26 Å². The first-order valence-corrected chi connectivity index (χ1v) is 9.24. The average Bonchev–Trinajstić information content (AvgIpc) is 2.76. The standard InChI is InChI=1S/C19H17F3N5O2.C2H6.K/c1-12-5-4-6-16(18(24-2)27-28-3)17(12)11-29-25-10-15-8-13(19(20,21)22)7-14(9-23)26-15;1-2;/h4-8,10H,11H2,1-3H3;1-2H3;/q-1;;+1/b25-10+;;. The van der Waals surface area contributed by atoms with Gasteiger partial charge in [0.1, 0.15) is 18.4 Å². The van der Waals surface area contributed by atoms with Gasteiger partial charge in [0.2, 0.25) is 0 Å². The molecule has 0 amide bonds. The maximum atomic E-state index is 12.9. The van der Waals surface area contributed by atoms with Gasteiger partial charge in [0, 0.05) is 5.56 Å². The van der Waals surface area contributed by atoms with Gasteiger partial charge in [0.15, 0.2) is 0 Å². The quantitative estimate of drug-likeness (QED) is 0.278. The molecule has 166 valence electrons. The van der Waals surface area contributed by atoms with Crippen LogP contribution in [0.3, 0.4) is 0 Å². The van der Waals surface area contributed by atoms with Crippen molar-refractivity contribution < 1.29 is 74.2 Å². The first kappa shape index (κ1) is 30.0. The van der Waals surface area contributed by atoms with Crippen LogP contribution in [-0.2, 0) is 22.5 Å². The maximum absolute atomic E-state index is 12.9. The number of hydrogen-bond acceptors (Lipinski definition) is 6. The van der Waals surface area contributed by atoms with Crippen LogP contribution in [0.1, 0.15) is 47.5 Å². The fourth-order valence-electron chi connectivity index (χ4n) is 2.43. The molecule has 2 rings (SSSR count). The molecule has 1 aromatic heterocycles. The number of rotatable bonds is 6. The number of aryl methyl sites for hydroxylation is 1. The molecule has 32 heavy (non-hydrogen) atoms. The van der Waals surface area contributed by atoms with Crippen LogP contribution in [0, 0.1) is 18.3 Å². The number of nitriles is 1. The fraction of sp³-hybridized carbons (Fsp3) is 0.333. The smallest absolute Gasteiger partial charge is 0.497 e. The summed E-state index contributed by atoms with van der Waals surface area (Å²) in [5.41, 5.74) is 0.791. The number of amidine groups is 1. The zero-order valence-electron chi connectivity index (χ0n) is 18.9. The zero-order valence-corrected chi connectivity index (χ0v) is 22.0. The molecule has 0 bridgehead atoms. The molecule has 11 heteroatoms. The Labute approximate surface area is 228 Å². The SMILES string of the molecule is CC.C[N-]/C(=N/OC)c1cccc(C)c1CO/N=C/c1cc(C(F)(F)F)cc(C#N)n1.[K+]. The summed E-state index contributed by atoms with van der Waals surface area (Å²) in [7, 11) is 2.97. The minimum absolute atomic E-state index is 0. The Morgan fingerprint density at radius 2 is 1.97 bits per heavy atom. The van der Waals surface area contributed by atoms with Crippen molar-refractivity contribution in [2.75, 3.05) is 14.2 Å². The fourth-order valence-corrected chi connectivity index (χ4v) is 2.43. The van der Waals surface area contributed by atoms with Gasteiger partial charge in [-0.15, -0.1) is 0 Å². The number of aromatic nitrogens is 1. The third kappa shape index (κ3) is 8.88. The van der Waals surface area contributed by atoms with E-state index in [-0.39, 0.29) is 69.4 Å². The number of pyridine rings is 1. The molecular formula is C21H23F3KN5O2. The summed E-state index contributed by atoms with van der Waals surface area (Å²) in [6.07, 6.45) is -3.59. The van der Waals surface area contributed by atoms with E-state index in [2.05, 4.69) is 20.6 Å². The van der Waals surface area contributed by atoms with E-state index < -0.39 is 11.7 Å². The summed E-state index contributed by atoms with van der Waals surface area (Å²) >= 11 is 0. The van der Waals surface area contributed by atoms with E-state index in [9.17, 15) is 13.2 Å². The first-order valence-electron chi connectivity index (χ1n) is 9.24. The molecule has 0 aliphatic carbocycles. The van der Waals surface area contributed by atoms with Gasteiger partial charge >= 0.3 is 57.6 Å². The number of hydrogen-bond donors (Lipinski definition) is 0. The zero-order chi connectivity index (χ0) is 23.4. The summed E-state index contributed by atoms with van der Waals surface area (Å²) in [5, 5.41) is 20.5. The van der Waals surface area contributed by atoms with E-state index in [0.717, 1.165) is 23.4 Å². The van der Waals surface area contributed by atoms with Gasteiger partial charge in [-0.25, -0.2) is 4.98 Å². The predicted octanol–water partition coefficient (Wildman–Crippen LogP) is 2.17. The molecular weight excluding hydrogens is 450 g/mol. The molecule has 0 aliphatic heterocycles. The second kappa shape index (κ2) is 15.0. The van der Waals surface area contributed by atoms with Crippen LogP contribution >= 0.6 is 0 Å². The molecule has 0 radical (unpaired) electrons. The van der Waals surface area contributed by atoms with Crippen molar-refractivity contribution in [2.45, 2.75) is 33.6 Å². The van der Waals surface area contributed by atoms with Crippen molar-refractivity contribution in [3.05, 3.63) is 69.3 Å². The van der Waals surface area contributed by atoms with Crippen molar-refractivity contribution in [2.24, 2.45) is 10.3 Å². The largest absolute Gasteiger partial charge is 1.00 e.